The lowest BCUT2D eigenvalue weighted by Gasteiger charge is -2.19. The summed E-state index contributed by atoms with van der Waals surface area (Å²) in [5.74, 6) is 0.496. The van der Waals surface area contributed by atoms with E-state index in [9.17, 15) is 4.79 Å². The highest BCUT2D eigenvalue weighted by atomic mass is 79.9. The van der Waals surface area contributed by atoms with Crippen LogP contribution in [-0.2, 0) is 11.2 Å². The molecule has 0 amide bonds. The Hall–Kier alpha value is -1.88. The number of carbonyl (C=O) groups is 1. The molecule has 6 heteroatoms. The number of ether oxygens (including phenoxy) is 1. The molecule has 0 fully saturated rings. The van der Waals surface area contributed by atoms with Crippen LogP contribution < -0.4 is 4.74 Å². The summed E-state index contributed by atoms with van der Waals surface area (Å²) in [5, 5.41) is 1.13. The molecule has 1 aromatic heterocycles. The standard InChI is InChI=1S/C20H14BrCl2NO2/c21-14-3-9-18(10-4-14)26-20(13-1-5-15(22)6-2-13)19(25)11-17-8-7-16(23)12-24-17/h1-10,12,20H,11H2. The van der Waals surface area contributed by atoms with Gasteiger partial charge in [0.1, 0.15) is 5.75 Å². The Morgan fingerprint density at radius 1 is 0.962 bits per heavy atom. The van der Waals surface area contributed by atoms with Crippen molar-refractivity contribution in [3.63, 3.8) is 0 Å². The molecule has 132 valence electrons. The minimum Gasteiger partial charge on any atom is -0.478 e. The molecule has 1 unspecified atom stereocenters. The van der Waals surface area contributed by atoms with E-state index in [1.54, 1.807) is 48.5 Å². The summed E-state index contributed by atoms with van der Waals surface area (Å²) in [5.41, 5.74) is 1.37. The molecule has 2 aromatic carbocycles. The summed E-state index contributed by atoms with van der Waals surface area (Å²) in [6.45, 7) is 0. The first-order valence-electron chi connectivity index (χ1n) is 7.82. The molecule has 0 radical (unpaired) electrons. The van der Waals surface area contributed by atoms with Crippen LogP contribution in [0.3, 0.4) is 0 Å². The first-order chi connectivity index (χ1) is 12.5. The SMILES string of the molecule is O=C(Cc1ccc(Cl)cn1)C(Oc1ccc(Br)cc1)c1ccc(Cl)cc1. The van der Waals surface area contributed by atoms with Crippen LogP contribution in [0.25, 0.3) is 0 Å². The van der Waals surface area contributed by atoms with Gasteiger partial charge in [0, 0.05) is 21.4 Å². The summed E-state index contributed by atoms with van der Waals surface area (Å²) in [6, 6.07) is 17.8. The predicted octanol–water partition coefficient (Wildman–Crippen LogP) is 6.08. The molecule has 1 atom stereocenters. The molecular weight excluding hydrogens is 437 g/mol. The third-order valence-corrected chi connectivity index (χ3v) is 4.68. The van der Waals surface area contributed by atoms with E-state index in [4.69, 9.17) is 27.9 Å². The molecule has 0 N–H and O–H groups in total. The molecule has 0 saturated carbocycles. The van der Waals surface area contributed by atoms with E-state index in [2.05, 4.69) is 20.9 Å². The van der Waals surface area contributed by atoms with Gasteiger partial charge in [-0.2, -0.15) is 0 Å². The van der Waals surface area contributed by atoms with E-state index in [0.717, 1.165) is 10.0 Å². The van der Waals surface area contributed by atoms with Crippen LogP contribution in [0.15, 0.2) is 71.3 Å². The second kappa shape index (κ2) is 8.67. The first kappa shape index (κ1) is 18.9. The molecule has 0 aliphatic rings. The van der Waals surface area contributed by atoms with Gasteiger partial charge in [-0.25, -0.2) is 0 Å². The smallest absolute Gasteiger partial charge is 0.183 e. The Morgan fingerprint density at radius 2 is 1.62 bits per heavy atom. The fourth-order valence-corrected chi connectivity index (χ4v) is 2.89. The van der Waals surface area contributed by atoms with Crippen LogP contribution >= 0.6 is 39.1 Å². The Balaban J connectivity index is 1.85. The van der Waals surface area contributed by atoms with Crippen molar-refractivity contribution in [2.45, 2.75) is 12.5 Å². The Labute approximate surface area is 170 Å². The third kappa shape index (κ3) is 5.07. The number of aromatic nitrogens is 1. The molecule has 0 aliphatic carbocycles. The van der Waals surface area contributed by atoms with E-state index >= 15 is 0 Å². The third-order valence-electron chi connectivity index (χ3n) is 3.68. The number of hydrogen-bond donors (Lipinski definition) is 0. The fraction of sp³-hybridized carbons (Fsp3) is 0.100. The zero-order valence-corrected chi connectivity index (χ0v) is 16.6. The van der Waals surface area contributed by atoms with E-state index in [1.807, 2.05) is 12.1 Å². The maximum atomic E-state index is 12.9. The number of ketones is 1. The van der Waals surface area contributed by atoms with Gasteiger partial charge in [0.05, 0.1) is 11.4 Å². The number of benzene rings is 2. The van der Waals surface area contributed by atoms with Crippen molar-refractivity contribution in [3.8, 4) is 5.75 Å². The number of rotatable bonds is 6. The summed E-state index contributed by atoms with van der Waals surface area (Å²) < 4.78 is 6.92. The van der Waals surface area contributed by atoms with Gasteiger partial charge in [0.2, 0.25) is 0 Å². The quantitative estimate of drug-likeness (QED) is 0.456. The fourth-order valence-electron chi connectivity index (χ4n) is 2.39. The molecule has 0 spiro atoms. The normalized spacial score (nSPS) is 11.8. The highest BCUT2D eigenvalue weighted by molar-refractivity contribution is 9.10. The van der Waals surface area contributed by atoms with Gasteiger partial charge in [0.15, 0.2) is 11.9 Å². The average Bonchev–Trinajstić information content (AvgIpc) is 2.64. The lowest BCUT2D eigenvalue weighted by Crippen LogP contribution is -2.21. The molecule has 0 saturated heterocycles. The topological polar surface area (TPSA) is 39.2 Å². The van der Waals surface area contributed by atoms with Crippen LogP contribution in [0.1, 0.15) is 17.4 Å². The van der Waals surface area contributed by atoms with Gasteiger partial charge < -0.3 is 4.74 Å². The van der Waals surface area contributed by atoms with Gasteiger partial charge in [-0.05, 0) is 54.1 Å². The summed E-state index contributed by atoms with van der Waals surface area (Å²) in [6.07, 6.45) is 0.906. The van der Waals surface area contributed by atoms with Gasteiger partial charge in [-0.1, -0.05) is 51.3 Å². The molecule has 0 aliphatic heterocycles. The second-order valence-electron chi connectivity index (χ2n) is 5.61. The number of hydrogen-bond acceptors (Lipinski definition) is 3. The maximum absolute atomic E-state index is 12.9. The predicted molar refractivity (Wildman–Crippen MR) is 107 cm³/mol. The number of Topliss-reactive ketones (excluding diaryl/α,β-unsaturated/α-hetero) is 1. The van der Waals surface area contributed by atoms with Crippen LogP contribution in [0, 0.1) is 0 Å². The molecule has 3 rings (SSSR count). The van der Waals surface area contributed by atoms with Crippen molar-refractivity contribution >= 4 is 44.9 Å². The van der Waals surface area contributed by atoms with Crippen molar-refractivity contribution in [1.82, 2.24) is 4.98 Å². The Morgan fingerprint density at radius 3 is 2.23 bits per heavy atom. The van der Waals surface area contributed by atoms with E-state index in [1.165, 1.54) is 6.20 Å². The summed E-state index contributed by atoms with van der Waals surface area (Å²) >= 11 is 15.2. The van der Waals surface area contributed by atoms with Gasteiger partial charge in [-0.3, -0.25) is 9.78 Å². The van der Waals surface area contributed by atoms with Crippen molar-refractivity contribution in [3.05, 3.63) is 92.6 Å². The highest BCUT2D eigenvalue weighted by Gasteiger charge is 2.23. The van der Waals surface area contributed by atoms with Gasteiger partial charge in [0.25, 0.3) is 0 Å². The molecular formula is C20H14BrCl2NO2. The van der Waals surface area contributed by atoms with Crippen LogP contribution in [-0.4, -0.2) is 10.8 Å². The van der Waals surface area contributed by atoms with E-state index < -0.39 is 6.10 Å². The largest absolute Gasteiger partial charge is 0.478 e. The lowest BCUT2D eigenvalue weighted by atomic mass is 10.0. The average molecular weight is 451 g/mol. The van der Waals surface area contributed by atoms with Gasteiger partial charge >= 0.3 is 0 Å². The molecule has 0 bridgehead atoms. The zero-order valence-electron chi connectivity index (χ0n) is 13.5. The number of nitrogens with zero attached hydrogens (tertiary/aromatic N) is 1. The molecule has 3 nitrogen and oxygen atoms in total. The Bertz CT molecular complexity index is 881. The van der Waals surface area contributed by atoms with E-state index in [0.29, 0.717) is 21.5 Å². The molecule has 1 heterocycles. The summed E-state index contributed by atoms with van der Waals surface area (Å²) in [4.78, 5) is 17.1. The maximum Gasteiger partial charge on any atom is 0.183 e. The van der Waals surface area contributed by atoms with Crippen LogP contribution in [0.5, 0.6) is 5.75 Å². The highest BCUT2D eigenvalue weighted by Crippen LogP contribution is 2.26. The number of carbonyl (C=O) groups excluding carboxylic acids is 1. The lowest BCUT2D eigenvalue weighted by molar-refractivity contribution is -0.125. The molecule has 26 heavy (non-hydrogen) atoms. The number of pyridine rings is 1. The van der Waals surface area contributed by atoms with Crippen molar-refractivity contribution < 1.29 is 9.53 Å². The minimum absolute atomic E-state index is 0.106. The Kier molecular flexibility index (Phi) is 6.30. The van der Waals surface area contributed by atoms with Crippen molar-refractivity contribution in [1.29, 1.82) is 0 Å². The van der Waals surface area contributed by atoms with Crippen molar-refractivity contribution in [2.75, 3.05) is 0 Å². The van der Waals surface area contributed by atoms with Crippen LogP contribution in [0.4, 0.5) is 0 Å². The monoisotopic (exact) mass is 449 g/mol. The molecule has 3 aromatic rings. The van der Waals surface area contributed by atoms with Crippen molar-refractivity contribution in [2.24, 2.45) is 0 Å². The number of halogens is 3. The van der Waals surface area contributed by atoms with Crippen LogP contribution in [0.2, 0.25) is 10.0 Å². The second-order valence-corrected chi connectivity index (χ2v) is 7.40. The first-order valence-corrected chi connectivity index (χ1v) is 9.37. The van der Waals surface area contributed by atoms with E-state index in [-0.39, 0.29) is 12.2 Å². The zero-order chi connectivity index (χ0) is 18.5. The summed E-state index contributed by atoms with van der Waals surface area (Å²) in [7, 11) is 0. The minimum atomic E-state index is -0.758. The van der Waals surface area contributed by atoms with Gasteiger partial charge in [-0.15, -0.1) is 0 Å².